The van der Waals surface area contributed by atoms with Gasteiger partial charge in [-0.05, 0) is 38.8 Å². The molecule has 0 atom stereocenters. The molecule has 0 unspecified atom stereocenters. The Morgan fingerprint density at radius 3 is 2.70 bits per heavy atom. The van der Waals surface area contributed by atoms with Crippen molar-refractivity contribution in [3.05, 3.63) is 16.3 Å². The van der Waals surface area contributed by atoms with Crippen molar-refractivity contribution < 1.29 is 8.42 Å². The number of hydrogen-bond donors (Lipinski definition) is 2. The molecule has 0 saturated heterocycles. The third kappa shape index (κ3) is 4.04. The van der Waals surface area contributed by atoms with Crippen LogP contribution >= 0.6 is 11.3 Å². The quantitative estimate of drug-likeness (QED) is 0.761. The largest absolute Gasteiger partial charge is 0.312 e. The van der Waals surface area contributed by atoms with E-state index in [1.807, 2.05) is 6.92 Å². The zero-order valence-electron chi connectivity index (χ0n) is 12.2. The Kier molecular flexibility index (Phi) is 5.23. The molecular formula is C14H24N2O2S2. The summed E-state index contributed by atoms with van der Waals surface area (Å²) in [5, 5.41) is 5.03. The van der Waals surface area contributed by atoms with E-state index in [9.17, 15) is 8.42 Å². The van der Waals surface area contributed by atoms with E-state index in [4.69, 9.17) is 0 Å². The number of sulfonamides is 1. The molecule has 2 N–H and O–H groups in total. The summed E-state index contributed by atoms with van der Waals surface area (Å²) in [6.07, 6.45) is 5.16. The van der Waals surface area contributed by atoms with Crippen molar-refractivity contribution in [2.45, 2.75) is 62.9 Å². The minimum absolute atomic E-state index is 0.263. The maximum Gasteiger partial charge on any atom is 0.241 e. The predicted molar refractivity (Wildman–Crippen MR) is 83.5 cm³/mol. The monoisotopic (exact) mass is 316 g/mol. The van der Waals surface area contributed by atoms with Crippen LogP contribution in [-0.4, -0.2) is 20.5 Å². The highest BCUT2D eigenvalue weighted by molar-refractivity contribution is 7.89. The van der Waals surface area contributed by atoms with E-state index in [0.717, 1.165) is 50.1 Å². The molecule has 0 spiro atoms. The molecule has 0 amide bonds. The normalized spacial score (nSPS) is 18.5. The summed E-state index contributed by atoms with van der Waals surface area (Å²) in [5.74, 6) is 0. The molecule has 6 heteroatoms. The number of hydrogen-bond acceptors (Lipinski definition) is 4. The lowest BCUT2D eigenvalue weighted by atomic mass is 10.0. The van der Waals surface area contributed by atoms with E-state index >= 15 is 0 Å². The SMILES string of the molecule is CCCNCc1cc(S(=O)(=O)NC2(C)CCCC2)cs1. The van der Waals surface area contributed by atoms with Gasteiger partial charge in [0.25, 0.3) is 0 Å². The first kappa shape index (κ1) is 15.9. The molecule has 1 aliphatic carbocycles. The molecule has 0 aromatic carbocycles. The van der Waals surface area contributed by atoms with Crippen LogP contribution in [0, 0.1) is 0 Å². The molecule has 1 saturated carbocycles. The summed E-state index contributed by atoms with van der Waals surface area (Å²) in [6, 6.07) is 1.79. The van der Waals surface area contributed by atoms with Crippen LogP contribution < -0.4 is 10.0 Å². The van der Waals surface area contributed by atoms with Crippen molar-refractivity contribution in [2.75, 3.05) is 6.54 Å². The van der Waals surface area contributed by atoms with Crippen molar-refractivity contribution in [3.63, 3.8) is 0 Å². The van der Waals surface area contributed by atoms with E-state index in [1.165, 1.54) is 11.3 Å². The van der Waals surface area contributed by atoms with Gasteiger partial charge in [0.15, 0.2) is 0 Å². The molecule has 1 aromatic rings. The molecule has 4 nitrogen and oxygen atoms in total. The Labute approximate surface area is 126 Å². The standard InChI is InChI=1S/C14H24N2O2S2/c1-3-8-15-10-12-9-13(11-19-12)20(17,18)16-14(2)6-4-5-7-14/h9,11,15-16H,3-8,10H2,1-2H3. The van der Waals surface area contributed by atoms with E-state index in [-0.39, 0.29) is 5.54 Å². The van der Waals surface area contributed by atoms with E-state index in [1.54, 1.807) is 11.4 Å². The third-order valence-corrected chi connectivity index (χ3v) is 6.46. The van der Waals surface area contributed by atoms with Gasteiger partial charge >= 0.3 is 0 Å². The molecule has 1 heterocycles. The van der Waals surface area contributed by atoms with Gasteiger partial charge in [0.1, 0.15) is 0 Å². The van der Waals surface area contributed by atoms with Crippen molar-refractivity contribution in [1.82, 2.24) is 10.0 Å². The first-order valence-corrected chi connectivity index (χ1v) is 9.64. The Morgan fingerprint density at radius 1 is 1.35 bits per heavy atom. The highest BCUT2D eigenvalue weighted by atomic mass is 32.2. The highest BCUT2D eigenvalue weighted by Gasteiger charge is 2.33. The van der Waals surface area contributed by atoms with Crippen molar-refractivity contribution in [1.29, 1.82) is 0 Å². The lowest BCUT2D eigenvalue weighted by Crippen LogP contribution is -2.43. The van der Waals surface area contributed by atoms with Gasteiger partial charge in [-0.2, -0.15) is 0 Å². The second kappa shape index (κ2) is 6.56. The maximum absolute atomic E-state index is 12.4. The van der Waals surface area contributed by atoms with Gasteiger partial charge in [0.05, 0.1) is 4.90 Å². The first-order valence-electron chi connectivity index (χ1n) is 7.27. The number of rotatable bonds is 7. The number of thiophene rings is 1. The van der Waals surface area contributed by atoms with Crippen LogP contribution in [0.2, 0.25) is 0 Å². The minimum Gasteiger partial charge on any atom is -0.312 e. The second-order valence-corrected chi connectivity index (χ2v) is 8.48. The molecule has 0 bridgehead atoms. The van der Waals surface area contributed by atoms with Gasteiger partial charge in [0, 0.05) is 22.3 Å². The zero-order valence-corrected chi connectivity index (χ0v) is 13.9. The summed E-state index contributed by atoms with van der Waals surface area (Å²) >= 11 is 1.50. The Bertz CT molecular complexity index is 531. The molecular weight excluding hydrogens is 292 g/mol. The van der Waals surface area contributed by atoms with Crippen LogP contribution in [-0.2, 0) is 16.6 Å². The minimum atomic E-state index is -3.38. The molecule has 0 aliphatic heterocycles. The summed E-state index contributed by atoms with van der Waals surface area (Å²) < 4.78 is 27.7. The van der Waals surface area contributed by atoms with Crippen molar-refractivity contribution in [3.8, 4) is 0 Å². The van der Waals surface area contributed by atoms with Gasteiger partial charge in [-0.25, -0.2) is 13.1 Å². The zero-order chi connectivity index (χ0) is 14.6. The molecule has 1 aliphatic rings. The van der Waals surface area contributed by atoms with Crippen LogP contribution in [0.3, 0.4) is 0 Å². The average molecular weight is 316 g/mol. The van der Waals surface area contributed by atoms with Crippen molar-refractivity contribution in [2.24, 2.45) is 0 Å². The fourth-order valence-corrected chi connectivity index (χ4v) is 5.33. The van der Waals surface area contributed by atoms with Gasteiger partial charge < -0.3 is 5.32 Å². The van der Waals surface area contributed by atoms with Crippen LogP contribution in [0.25, 0.3) is 0 Å². The van der Waals surface area contributed by atoms with Crippen LogP contribution in [0.1, 0.15) is 50.8 Å². The smallest absolute Gasteiger partial charge is 0.241 e. The highest BCUT2D eigenvalue weighted by Crippen LogP contribution is 2.31. The Morgan fingerprint density at radius 2 is 2.05 bits per heavy atom. The summed E-state index contributed by atoms with van der Waals surface area (Å²) in [7, 11) is -3.38. The van der Waals surface area contributed by atoms with E-state index in [0.29, 0.717) is 4.90 Å². The van der Waals surface area contributed by atoms with Gasteiger partial charge in [0.2, 0.25) is 10.0 Å². The Hall–Kier alpha value is -0.430. The molecule has 1 aromatic heterocycles. The first-order chi connectivity index (χ1) is 9.45. The van der Waals surface area contributed by atoms with E-state index in [2.05, 4.69) is 17.0 Å². The van der Waals surface area contributed by atoms with Crippen LogP contribution in [0.15, 0.2) is 16.3 Å². The van der Waals surface area contributed by atoms with Gasteiger partial charge in [-0.1, -0.05) is 19.8 Å². The fraction of sp³-hybridized carbons (Fsp3) is 0.714. The molecule has 2 rings (SSSR count). The third-order valence-electron chi connectivity index (χ3n) is 3.75. The second-order valence-electron chi connectivity index (χ2n) is 5.80. The summed E-state index contributed by atoms with van der Waals surface area (Å²) in [4.78, 5) is 1.47. The van der Waals surface area contributed by atoms with Gasteiger partial charge in [-0.3, -0.25) is 0 Å². The maximum atomic E-state index is 12.4. The molecule has 0 radical (unpaired) electrons. The predicted octanol–water partition coefficient (Wildman–Crippen LogP) is 2.86. The Balaban J connectivity index is 2.02. The molecule has 20 heavy (non-hydrogen) atoms. The lowest BCUT2D eigenvalue weighted by molar-refractivity contribution is 0.427. The fourth-order valence-electron chi connectivity index (χ4n) is 2.62. The number of nitrogens with one attached hydrogen (secondary N) is 2. The lowest BCUT2D eigenvalue weighted by Gasteiger charge is -2.24. The van der Waals surface area contributed by atoms with Crippen LogP contribution in [0.5, 0.6) is 0 Å². The summed E-state index contributed by atoms with van der Waals surface area (Å²) in [5.41, 5.74) is -0.263. The molecule has 1 fully saturated rings. The topological polar surface area (TPSA) is 58.2 Å². The van der Waals surface area contributed by atoms with Crippen LogP contribution in [0.4, 0.5) is 0 Å². The summed E-state index contributed by atoms with van der Waals surface area (Å²) in [6.45, 7) is 5.82. The average Bonchev–Trinajstić information content (AvgIpc) is 2.98. The van der Waals surface area contributed by atoms with Gasteiger partial charge in [-0.15, -0.1) is 11.3 Å². The van der Waals surface area contributed by atoms with E-state index < -0.39 is 10.0 Å². The van der Waals surface area contributed by atoms with Crippen molar-refractivity contribution >= 4 is 21.4 Å². The molecule has 114 valence electrons.